The minimum Gasteiger partial charge on any atom is -0.545 e. The number of carboxylic acid groups (broad SMARTS) is 4. The summed E-state index contributed by atoms with van der Waals surface area (Å²) in [6, 6.07) is 6.12. The van der Waals surface area contributed by atoms with E-state index in [1.54, 1.807) is 0 Å². The highest BCUT2D eigenvalue weighted by atomic mass is 16.5. The third kappa shape index (κ3) is 23.9. The number of carbonyl (C=O) groups is 4. The normalized spacial score (nSPS) is 17.1. The van der Waals surface area contributed by atoms with Crippen LogP contribution in [0.3, 0.4) is 0 Å². The predicted molar refractivity (Wildman–Crippen MR) is 144 cm³/mol. The summed E-state index contributed by atoms with van der Waals surface area (Å²) < 4.78 is 5.66. The van der Waals surface area contributed by atoms with E-state index in [0.717, 1.165) is 51.6 Å². The monoisotopic (exact) mass is 581 g/mol. The lowest BCUT2D eigenvalue weighted by Gasteiger charge is -2.29. The Labute approximate surface area is 240 Å². The summed E-state index contributed by atoms with van der Waals surface area (Å²) in [7, 11) is 0. The van der Waals surface area contributed by atoms with Crippen LogP contribution in [0.5, 0.6) is 0 Å². The Hall–Kier alpha value is -3.65. The quantitative estimate of drug-likeness (QED) is 0.0981. The van der Waals surface area contributed by atoms with Gasteiger partial charge in [-0.15, -0.1) is 0 Å². The highest BCUT2D eigenvalue weighted by Gasteiger charge is 2.26. The summed E-state index contributed by atoms with van der Waals surface area (Å²) in [5.74, 6) is -4.47. The average Bonchev–Trinajstić information content (AvgIpc) is 2.94. The lowest BCUT2D eigenvalue weighted by molar-refractivity contribution is -0.988. The van der Waals surface area contributed by atoms with Crippen molar-refractivity contribution in [3.8, 4) is 0 Å². The number of hydrogen-bond donors (Lipinski definition) is 5. The van der Waals surface area contributed by atoms with Crippen LogP contribution >= 0.6 is 0 Å². The first kappa shape index (κ1) is 37.4. The highest BCUT2D eigenvalue weighted by molar-refractivity contribution is 5.89. The Balaban J connectivity index is 0.000000820. The molecule has 0 aliphatic carbocycles. The van der Waals surface area contributed by atoms with Crippen molar-refractivity contribution in [2.24, 2.45) is 0 Å². The average molecular weight is 582 g/mol. The fraction of sp³-hybridized carbons (Fsp3) is 0.536. The SMILES string of the molecule is CCCCCCCCOCC(O)C[NH+]1CC[NH+](c2ccccn2)CC1.O=C([O-])/C=C/C(=O)O.O=C([O-])/C=C/C(=O)O. The van der Waals surface area contributed by atoms with E-state index < -0.39 is 23.9 Å². The zero-order valence-electron chi connectivity index (χ0n) is 23.5. The summed E-state index contributed by atoms with van der Waals surface area (Å²) in [4.78, 5) is 45.3. The summed E-state index contributed by atoms with van der Waals surface area (Å²) in [5, 5.41) is 44.6. The van der Waals surface area contributed by atoms with Crippen LogP contribution in [0.4, 0.5) is 5.82 Å². The van der Waals surface area contributed by atoms with Crippen LogP contribution in [0, 0.1) is 0 Å². The van der Waals surface area contributed by atoms with Gasteiger partial charge in [-0.2, -0.15) is 0 Å². The maximum Gasteiger partial charge on any atom is 0.328 e. The second-order valence-corrected chi connectivity index (χ2v) is 9.25. The number of ether oxygens (including phenoxy) is 1. The summed E-state index contributed by atoms with van der Waals surface area (Å²) >= 11 is 0. The van der Waals surface area contributed by atoms with Gasteiger partial charge in [0.25, 0.3) is 0 Å². The number of carbonyl (C=O) groups excluding carboxylic acids is 2. The summed E-state index contributed by atoms with van der Waals surface area (Å²) in [6.07, 6.45) is 11.1. The molecule has 0 amide bonds. The van der Waals surface area contributed by atoms with Crippen LogP contribution in [0.1, 0.15) is 45.4 Å². The molecule has 13 heteroatoms. The van der Waals surface area contributed by atoms with E-state index in [9.17, 15) is 34.5 Å². The molecule has 1 atom stereocenters. The molecule has 5 N–H and O–H groups in total. The van der Waals surface area contributed by atoms with Crippen molar-refractivity contribution in [3.05, 3.63) is 48.7 Å². The number of unbranched alkanes of at least 4 members (excludes halogenated alkanes) is 5. The number of rotatable bonds is 16. The maximum atomic E-state index is 10.2. The largest absolute Gasteiger partial charge is 0.545 e. The number of aromatic nitrogens is 1. The maximum absolute atomic E-state index is 10.2. The van der Waals surface area contributed by atoms with Gasteiger partial charge in [0.05, 0.1) is 18.5 Å². The van der Waals surface area contributed by atoms with Crippen LogP contribution in [-0.4, -0.2) is 96.2 Å². The van der Waals surface area contributed by atoms with Crippen molar-refractivity contribution in [3.63, 3.8) is 0 Å². The third-order valence-corrected chi connectivity index (χ3v) is 5.79. The van der Waals surface area contributed by atoms with Crippen LogP contribution in [0.2, 0.25) is 0 Å². The second-order valence-electron chi connectivity index (χ2n) is 9.25. The van der Waals surface area contributed by atoms with Gasteiger partial charge in [0.2, 0.25) is 5.82 Å². The number of carboxylic acids is 4. The topological polar surface area (TPSA) is 206 Å². The van der Waals surface area contributed by atoms with Gasteiger partial charge in [-0.25, -0.2) is 14.6 Å². The Morgan fingerprint density at radius 3 is 1.93 bits per heavy atom. The third-order valence-electron chi connectivity index (χ3n) is 5.79. The Morgan fingerprint density at radius 2 is 1.46 bits per heavy atom. The molecule has 2 rings (SSSR count). The van der Waals surface area contributed by atoms with Crippen molar-refractivity contribution in [1.82, 2.24) is 4.98 Å². The first-order valence-corrected chi connectivity index (χ1v) is 13.6. The van der Waals surface area contributed by atoms with E-state index in [0.29, 0.717) is 30.9 Å². The summed E-state index contributed by atoms with van der Waals surface area (Å²) in [5.41, 5.74) is 0. The Kier molecular flexibility index (Phi) is 22.0. The zero-order valence-corrected chi connectivity index (χ0v) is 23.5. The molecule has 0 radical (unpaired) electrons. The van der Waals surface area contributed by atoms with Crippen molar-refractivity contribution in [1.29, 1.82) is 0 Å². The highest BCUT2D eigenvalue weighted by Crippen LogP contribution is 2.04. The first-order valence-electron chi connectivity index (χ1n) is 13.6. The van der Waals surface area contributed by atoms with E-state index in [2.05, 4.69) is 24.0 Å². The molecule has 13 nitrogen and oxygen atoms in total. The molecule has 1 aliphatic heterocycles. The van der Waals surface area contributed by atoms with Gasteiger partial charge >= 0.3 is 11.9 Å². The van der Waals surface area contributed by atoms with E-state index >= 15 is 0 Å². The van der Waals surface area contributed by atoms with Gasteiger partial charge in [0.15, 0.2) is 0 Å². The lowest BCUT2D eigenvalue weighted by atomic mass is 10.1. The number of hydrogen-bond acceptors (Lipinski definition) is 9. The van der Waals surface area contributed by atoms with Crippen LogP contribution < -0.4 is 20.0 Å². The zero-order chi connectivity index (χ0) is 30.9. The molecule has 41 heavy (non-hydrogen) atoms. The molecule has 2 heterocycles. The summed E-state index contributed by atoms with van der Waals surface area (Å²) in [6.45, 7) is 8.64. The molecular weight excluding hydrogens is 538 g/mol. The predicted octanol–water partition coefficient (Wildman–Crippen LogP) is -3.01. The molecule has 0 aromatic carbocycles. The molecule has 1 aromatic rings. The minimum atomic E-state index is -1.51. The number of nitrogens with zero attached hydrogens (tertiary/aromatic N) is 1. The van der Waals surface area contributed by atoms with Crippen molar-refractivity contribution in [2.75, 3.05) is 45.9 Å². The van der Waals surface area contributed by atoms with Gasteiger partial charge < -0.3 is 44.8 Å². The Morgan fingerprint density at radius 1 is 0.902 bits per heavy atom. The molecule has 1 aromatic heterocycles. The first-order chi connectivity index (χ1) is 19.5. The number of aliphatic carboxylic acids is 4. The minimum absolute atomic E-state index is 0.341. The number of aliphatic hydroxyl groups excluding tert-OH is 1. The van der Waals surface area contributed by atoms with Crippen molar-refractivity contribution < 1.29 is 59.2 Å². The van der Waals surface area contributed by atoms with Gasteiger partial charge in [-0.3, -0.25) is 4.90 Å². The van der Waals surface area contributed by atoms with Crippen molar-refractivity contribution in [2.45, 2.75) is 51.6 Å². The molecule has 230 valence electrons. The molecular formula is C28H43N3O10. The fourth-order valence-corrected chi connectivity index (χ4v) is 3.81. The van der Waals surface area contributed by atoms with Gasteiger partial charge in [-0.05, 0) is 24.6 Å². The second kappa shape index (κ2) is 24.2. The van der Waals surface area contributed by atoms with Crippen LogP contribution in [-0.2, 0) is 23.9 Å². The van der Waals surface area contributed by atoms with Gasteiger partial charge in [0, 0.05) is 31.0 Å². The molecule has 0 saturated carbocycles. The molecule has 1 aliphatic rings. The van der Waals surface area contributed by atoms with Gasteiger partial charge in [0.1, 0.15) is 38.8 Å². The number of nitrogens with one attached hydrogen (secondary N) is 2. The molecule has 1 saturated heterocycles. The van der Waals surface area contributed by atoms with E-state index in [1.165, 1.54) is 41.9 Å². The smallest absolute Gasteiger partial charge is 0.328 e. The lowest BCUT2D eigenvalue weighted by Crippen LogP contribution is -3.26. The number of pyridine rings is 1. The number of piperazine rings is 1. The van der Waals surface area contributed by atoms with E-state index in [-0.39, 0.29) is 6.10 Å². The van der Waals surface area contributed by atoms with E-state index in [1.807, 2.05) is 12.3 Å². The molecule has 1 unspecified atom stereocenters. The number of aliphatic hydroxyl groups is 1. The molecule has 0 spiro atoms. The van der Waals surface area contributed by atoms with Crippen LogP contribution in [0.25, 0.3) is 0 Å². The van der Waals surface area contributed by atoms with Crippen molar-refractivity contribution >= 4 is 29.7 Å². The van der Waals surface area contributed by atoms with Gasteiger partial charge in [-0.1, -0.05) is 45.1 Å². The molecule has 1 fully saturated rings. The number of quaternary nitrogens is 2. The Bertz CT molecular complexity index is 866. The standard InChI is InChI=1S/C20H35N3O2.2C4H4O4/c1-2-3-4-5-6-9-16-25-18-19(24)17-22-12-14-23(15-13-22)20-10-7-8-11-21-20;2*5-3(6)1-2-4(7)8/h7-8,10-11,19,24H,2-6,9,12-18H2,1H3;2*1-2H,(H,5,6)(H,7,8)/b;2*2-1+. The van der Waals surface area contributed by atoms with Crippen LogP contribution in [0.15, 0.2) is 48.7 Å². The fourth-order valence-electron chi connectivity index (χ4n) is 3.81. The molecule has 0 bridgehead atoms. The van der Waals surface area contributed by atoms with E-state index in [4.69, 9.17) is 14.9 Å².